The number of aliphatic hydroxyl groups excluding tert-OH is 1. The van der Waals surface area contributed by atoms with Crippen molar-refractivity contribution in [2.24, 2.45) is 5.73 Å². The predicted molar refractivity (Wildman–Crippen MR) is 68.6 cm³/mol. The molecule has 0 aliphatic carbocycles. The molecule has 1 heterocycles. The van der Waals surface area contributed by atoms with Crippen LogP contribution in [0.25, 0.3) is 0 Å². The molecule has 0 bridgehead atoms. The van der Waals surface area contributed by atoms with Gasteiger partial charge >= 0.3 is 0 Å². The summed E-state index contributed by atoms with van der Waals surface area (Å²) in [7, 11) is 2.02. The van der Waals surface area contributed by atoms with Gasteiger partial charge in [0.2, 0.25) is 0 Å². The van der Waals surface area contributed by atoms with Crippen molar-refractivity contribution in [3.8, 4) is 0 Å². The smallest absolute Gasteiger partial charge is 0.122 e. The largest absolute Gasteiger partial charge is 0.468 e. The van der Waals surface area contributed by atoms with Gasteiger partial charge in [-0.3, -0.25) is 4.90 Å². The van der Waals surface area contributed by atoms with Gasteiger partial charge in [-0.25, -0.2) is 0 Å². The van der Waals surface area contributed by atoms with Gasteiger partial charge in [0.1, 0.15) is 5.76 Å². The van der Waals surface area contributed by atoms with Crippen molar-refractivity contribution >= 4 is 0 Å². The molecule has 98 valence electrons. The Morgan fingerprint density at radius 1 is 1.53 bits per heavy atom. The number of rotatable bonds is 7. The Labute approximate surface area is 103 Å². The lowest BCUT2D eigenvalue weighted by Crippen LogP contribution is -2.39. The van der Waals surface area contributed by atoms with Crippen LogP contribution in [0.15, 0.2) is 22.8 Å². The molecule has 4 nitrogen and oxygen atoms in total. The van der Waals surface area contributed by atoms with E-state index in [0.29, 0.717) is 0 Å². The van der Waals surface area contributed by atoms with Crippen molar-refractivity contribution in [1.29, 1.82) is 0 Å². The van der Waals surface area contributed by atoms with E-state index in [1.54, 1.807) is 13.2 Å². The summed E-state index contributed by atoms with van der Waals surface area (Å²) in [5.41, 5.74) is 6.15. The molecule has 4 heteroatoms. The first-order valence-electron chi connectivity index (χ1n) is 6.23. The van der Waals surface area contributed by atoms with Gasteiger partial charge in [0.25, 0.3) is 0 Å². The standard InChI is InChI=1S/C13H24N2O2/c1-4-11(14)13(12-6-5-9-17-12)15(3)8-7-10(2)16/h5-6,9-11,13,16H,4,7-8,14H2,1-3H3. The van der Waals surface area contributed by atoms with Crippen molar-refractivity contribution in [2.45, 2.75) is 44.9 Å². The van der Waals surface area contributed by atoms with Crippen LogP contribution in [-0.2, 0) is 0 Å². The average Bonchev–Trinajstić information content (AvgIpc) is 2.79. The summed E-state index contributed by atoms with van der Waals surface area (Å²) in [5, 5.41) is 9.33. The van der Waals surface area contributed by atoms with Crippen LogP contribution in [0.4, 0.5) is 0 Å². The summed E-state index contributed by atoms with van der Waals surface area (Å²) >= 11 is 0. The molecule has 1 rings (SSSR count). The molecule has 0 spiro atoms. The van der Waals surface area contributed by atoms with Gasteiger partial charge in [-0.1, -0.05) is 6.92 Å². The first-order valence-corrected chi connectivity index (χ1v) is 6.23. The first kappa shape index (κ1) is 14.2. The first-order chi connectivity index (χ1) is 8.06. The molecule has 0 saturated carbocycles. The molecule has 0 fully saturated rings. The van der Waals surface area contributed by atoms with E-state index in [9.17, 15) is 5.11 Å². The summed E-state index contributed by atoms with van der Waals surface area (Å²) in [5.74, 6) is 0.896. The van der Waals surface area contributed by atoms with Gasteiger partial charge in [0.15, 0.2) is 0 Å². The quantitative estimate of drug-likeness (QED) is 0.762. The van der Waals surface area contributed by atoms with Crippen LogP contribution in [0, 0.1) is 0 Å². The van der Waals surface area contributed by atoms with Crippen LogP contribution in [0.1, 0.15) is 38.5 Å². The summed E-state index contributed by atoms with van der Waals surface area (Å²) < 4.78 is 5.46. The zero-order chi connectivity index (χ0) is 12.8. The van der Waals surface area contributed by atoms with E-state index in [-0.39, 0.29) is 18.2 Å². The van der Waals surface area contributed by atoms with Crippen molar-refractivity contribution in [3.63, 3.8) is 0 Å². The Morgan fingerprint density at radius 2 is 2.24 bits per heavy atom. The van der Waals surface area contributed by atoms with Crippen molar-refractivity contribution in [3.05, 3.63) is 24.2 Å². The molecule has 0 aliphatic heterocycles. The van der Waals surface area contributed by atoms with E-state index >= 15 is 0 Å². The highest BCUT2D eigenvalue weighted by Gasteiger charge is 2.25. The molecule has 1 aromatic rings. The van der Waals surface area contributed by atoms with Crippen LogP contribution >= 0.6 is 0 Å². The maximum atomic E-state index is 9.33. The van der Waals surface area contributed by atoms with Gasteiger partial charge in [-0.2, -0.15) is 0 Å². The van der Waals surface area contributed by atoms with Crippen LogP contribution < -0.4 is 5.73 Å². The summed E-state index contributed by atoms with van der Waals surface area (Å²) in [6.07, 6.45) is 3.02. The van der Waals surface area contributed by atoms with E-state index in [2.05, 4.69) is 11.8 Å². The van der Waals surface area contributed by atoms with Gasteiger partial charge < -0.3 is 15.3 Å². The molecule has 0 radical (unpaired) electrons. The van der Waals surface area contributed by atoms with Crippen molar-refractivity contribution in [1.82, 2.24) is 4.90 Å². The Morgan fingerprint density at radius 3 is 2.71 bits per heavy atom. The molecule has 1 aromatic heterocycles. The van der Waals surface area contributed by atoms with Gasteiger partial charge in [-0.05, 0) is 38.9 Å². The van der Waals surface area contributed by atoms with E-state index in [4.69, 9.17) is 10.2 Å². The van der Waals surface area contributed by atoms with E-state index in [1.165, 1.54) is 0 Å². The predicted octanol–water partition coefficient (Wildman–Crippen LogP) is 1.76. The minimum Gasteiger partial charge on any atom is -0.468 e. The second-order valence-electron chi connectivity index (χ2n) is 4.65. The molecular formula is C13H24N2O2. The second-order valence-corrected chi connectivity index (χ2v) is 4.65. The lowest BCUT2D eigenvalue weighted by molar-refractivity contribution is 0.131. The molecular weight excluding hydrogens is 216 g/mol. The molecule has 3 atom stereocenters. The lowest BCUT2D eigenvalue weighted by atomic mass is 10.0. The molecule has 0 saturated heterocycles. The number of nitrogens with two attached hydrogens (primary N) is 1. The fourth-order valence-electron chi connectivity index (χ4n) is 1.97. The molecule has 3 N–H and O–H groups in total. The van der Waals surface area contributed by atoms with Crippen LogP contribution in [-0.4, -0.2) is 35.7 Å². The Balaban J connectivity index is 2.69. The van der Waals surface area contributed by atoms with Crippen molar-refractivity contribution in [2.75, 3.05) is 13.6 Å². The van der Waals surface area contributed by atoms with E-state index in [1.807, 2.05) is 19.2 Å². The number of nitrogens with zero attached hydrogens (tertiary/aromatic N) is 1. The highest BCUT2D eigenvalue weighted by Crippen LogP contribution is 2.24. The maximum Gasteiger partial charge on any atom is 0.122 e. The van der Waals surface area contributed by atoms with Crippen LogP contribution in [0.5, 0.6) is 0 Å². The Hall–Kier alpha value is -0.840. The Bertz CT molecular complexity index is 298. The van der Waals surface area contributed by atoms with Crippen LogP contribution in [0.3, 0.4) is 0 Å². The zero-order valence-electron chi connectivity index (χ0n) is 11.0. The van der Waals surface area contributed by atoms with Crippen LogP contribution in [0.2, 0.25) is 0 Å². The maximum absolute atomic E-state index is 9.33. The molecule has 17 heavy (non-hydrogen) atoms. The SMILES string of the molecule is CCC(N)C(c1ccco1)N(C)CCC(C)O. The normalized spacial score (nSPS) is 17.1. The number of hydrogen-bond acceptors (Lipinski definition) is 4. The Kier molecular flexibility index (Phi) is 5.68. The van der Waals surface area contributed by atoms with E-state index < -0.39 is 0 Å². The molecule has 0 amide bonds. The van der Waals surface area contributed by atoms with Gasteiger partial charge in [-0.15, -0.1) is 0 Å². The number of hydrogen-bond donors (Lipinski definition) is 2. The third-order valence-corrected chi connectivity index (χ3v) is 3.09. The van der Waals surface area contributed by atoms with Gasteiger partial charge in [0.05, 0.1) is 18.4 Å². The fourth-order valence-corrected chi connectivity index (χ4v) is 1.97. The number of aliphatic hydroxyl groups is 1. The monoisotopic (exact) mass is 240 g/mol. The average molecular weight is 240 g/mol. The summed E-state index contributed by atoms with van der Waals surface area (Å²) in [6.45, 7) is 4.68. The van der Waals surface area contributed by atoms with Crippen molar-refractivity contribution < 1.29 is 9.52 Å². The zero-order valence-corrected chi connectivity index (χ0v) is 11.0. The van der Waals surface area contributed by atoms with Gasteiger partial charge in [0, 0.05) is 12.6 Å². The van der Waals surface area contributed by atoms with E-state index in [0.717, 1.165) is 25.1 Å². The molecule has 0 aromatic carbocycles. The fraction of sp³-hybridized carbons (Fsp3) is 0.692. The third-order valence-electron chi connectivity index (χ3n) is 3.09. The third kappa shape index (κ3) is 4.15. The number of furan rings is 1. The topological polar surface area (TPSA) is 62.6 Å². The lowest BCUT2D eigenvalue weighted by Gasteiger charge is -2.31. The minimum atomic E-state index is -0.285. The molecule has 0 aliphatic rings. The second kappa shape index (κ2) is 6.79. The summed E-state index contributed by atoms with van der Waals surface area (Å²) in [4.78, 5) is 2.15. The number of likely N-dealkylation sites (N-methyl/N-ethyl adjacent to an activating group) is 1. The molecule has 3 unspecified atom stereocenters. The highest BCUT2D eigenvalue weighted by atomic mass is 16.3. The summed E-state index contributed by atoms with van der Waals surface area (Å²) in [6, 6.07) is 3.96. The highest BCUT2D eigenvalue weighted by molar-refractivity contribution is 5.07. The minimum absolute atomic E-state index is 0.0418.